The molecule has 2 saturated carbocycles. The van der Waals surface area contributed by atoms with Crippen LogP contribution < -0.4 is 10.2 Å². The highest BCUT2D eigenvalue weighted by Crippen LogP contribution is 2.58. The van der Waals surface area contributed by atoms with Crippen LogP contribution in [0, 0.1) is 11.3 Å². The summed E-state index contributed by atoms with van der Waals surface area (Å²) in [4.78, 5) is 32.5. The fourth-order valence-corrected chi connectivity index (χ4v) is 6.18. The monoisotopic (exact) mass is 419 g/mol. The molecule has 1 N–H and O–H groups in total. The van der Waals surface area contributed by atoms with E-state index in [2.05, 4.69) is 33.4 Å². The minimum atomic E-state index is -0.380. The Balaban J connectivity index is 1.16. The van der Waals surface area contributed by atoms with Gasteiger partial charge in [-0.1, -0.05) is 18.6 Å². The zero-order valence-electron chi connectivity index (χ0n) is 18.1. The number of carbonyl (C=O) groups is 2. The lowest BCUT2D eigenvalue weighted by atomic mass is 9.52. The summed E-state index contributed by atoms with van der Waals surface area (Å²) >= 11 is 0. The van der Waals surface area contributed by atoms with Crippen LogP contribution in [0.3, 0.4) is 0 Å². The number of rotatable bonds is 4. The third kappa shape index (κ3) is 3.17. The van der Waals surface area contributed by atoms with Crippen LogP contribution in [0.5, 0.6) is 0 Å². The molecule has 2 aliphatic carbocycles. The summed E-state index contributed by atoms with van der Waals surface area (Å²) in [5.41, 5.74) is 4.63. The Labute approximate surface area is 182 Å². The number of benzene rings is 1. The Morgan fingerprint density at radius 2 is 1.97 bits per heavy atom. The largest absolute Gasteiger partial charge is 0.329 e. The van der Waals surface area contributed by atoms with Crippen molar-refractivity contribution in [1.82, 2.24) is 19.8 Å². The van der Waals surface area contributed by atoms with Crippen LogP contribution in [0.4, 0.5) is 10.6 Å². The number of fused-ring (bicyclic) bond motifs is 1. The van der Waals surface area contributed by atoms with Gasteiger partial charge in [-0.2, -0.15) is 0 Å². The molecule has 1 saturated heterocycles. The van der Waals surface area contributed by atoms with Crippen LogP contribution in [-0.4, -0.2) is 39.5 Å². The van der Waals surface area contributed by atoms with Crippen LogP contribution in [-0.2, 0) is 24.9 Å². The lowest BCUT2D eigenvalue weighted by Crippen LogP contribution is -2.50. The van der Waals surface area contributed by atoms with E-state index in [0.29, 0.717) is 18.8 Å². The quantitative estimate of drug-likeness (QED) is 0.824. The first-order valence-electron chi connectivity index (χ1n) is 11.5. The number of carbonyl (C=O) groups excluding carboxylic acids is 2. The van der Waals surface area contributed by atoms with Gasteiger partial charge in [-0.05, 0) is 54.2 Å². The van der Waals surface area contributed by atoms with Crippen LogP contribution in [0.25, 0.3) is 11.4 Å². The van der Waals surface area contributed by atoms with Crippen molar-refractivity contribution < 1.29 is 9.59 Å². The van der Waals surface area contributed by atoms with Crippen LogP contribution in [0.1, 0.15) is 49.7 Å². The minimum absolute atomic E-state index is 0.225. The summed E-state index contributed by atoms with van der Waals surface area (Å²) in [5.74, 6) is 2.20. The Kier molecular flexibility index (Phi) is 4.25. The third-order valence-corrected chi connectivity index (χ3v) is 7.92. The lowest BCUT2D eigenvalue weighted by molar-refractivity contribution is -0.120. The Morgan fingerprint density at radius 3 is 2.71 bits per heavy atom. The maximum atomic E-state index is 12.2. The third-order valence-electron chi connectivity index (χ3n) is 7.92. The number of imidazole rings is 1. The van der Waals surface area contributed by atoms with E-state index in [1.54, 1.807) is 11.1 Å². The molecule has 3 amide bonds. The summed E-state index contributed by atoms with van der Waals surface area (Å²) in [5, 5.41) is 2.38. The number of nitrogens with zero attached hydrogens (tertiary/aromatic N) is 4. The van der Waals surface area contributed by atoms with Crippen molar-refractivity contribution in [2.75, 3.05) is 18.0 Å². The van der Waals surface area contributed by atoms with Gasteiger partial charge < -0.3 is 4.57 Å². The van der Waals surface area contributed by atoms with Crippen molar-refractivity contribution >= 4 is 17.8 Å². The maximum Gasteiger partial charge on any atom is 0.329 e. The minimum Gasteiger partial charge on any atom is -0.314 e. The summed E-state index contributed by atoms with van der Waals surface area (Å²) in [6.07, 6.45) is 9.29. The number of anilines is 1. The van der Waals surface area contributed by atoms with Crippen molar-refractivity contribution in [3.05, 3.63) is 35.5 Å². The van der Waals surface area contributed by atoms with Crippen molar-refractivity contribution in [2.45, 2.75) is 51.6 Å². The van der Waals surface area contributed by atoms with E-state index in [0.717, 1.165) is 35.8 Å². The first-order chi connectivity index (χ1) is 15.0. The van der Waals surface area contributed by atoms with Gasteiger partial charge in [0.2, 0.25) is 5.91 Å². The van der Waals surface area contributed by atoms with Crippen LogP contribution in [0.15, 0.2) is 24.4 Å². The molecule has 31 heavy (non-hydrogen) atoms. The summed E-state index contributed by atoms with van der Waals surface area (Å²) < 4.78 is 1.94. The Bertz CT molecular complexity index is 1060. The molecule has 7 heteroatoms. The lowest BCUT2D eigenvalue weighted by Gasteiger charge is -2.55. The SMILES string of the molecule is Cn1c(N2CCC(=O)NC2=O)cnc1-c1ccc2c(c1)CN(CC1CC3(CCC3)C1)C2. The predicted molar refractivity (Wildman–Crippen MR) is 117 cm³/mol. The highest BCUT2D eigenvalue weighted by molar-refractivity contribution is 6.05. The second-order valence-electron chi connectivity index (χ2n) is 10.0. The second-order valence-corrected chi connectivity index (χ2v) is 10.0. The van der Waals surface area contributed by atoms with Gasteiger partial charge in [-0.15, -0.1) is 0 Å². The molecule has 1 spiro atoms. The van der Waals surface area contributed by atoms with E-state index >= 15 is 0 Å². The van der Waals surface area contributed by atoms with Gasteiger partial charge in [0.05, 0.1) is 6.20 Å². The summed E-state index contributed by atoms with van der Waals surface area (Å²) in [6, 6.07) is 6.26. The van der Waals surface area contributed by atoms with Gasteiger partial charge in [0, 0.05) is 45.2 Å². The molecular formula is C24H29N5O2. The fraction of sp³-hybridized carbons (Fsp3) is 0.542. The van der Waals surface area contributed by atoms with E-state index in [-0.39, 0.29) is 11.9 Å². The molecule has 162 valence electrons. The molecule has 0 unspecified atom stereocenters. The predicted octanol–water partition coefficient (Wildman–Crippen LogP) is 3.43. The molecule has 1 aromatic carbocycles. The second kappa shape index (κ2) is 6.92. The molecule has 0 radical (unpaired) electrons. The van der Waals surface area contributed by atoms with Crippen LogP contribution >= 0.6 is 0 Å². The normalized spacial score (nSPS) is 22.9. The summed E-state index contributed by atoms with van der Waals surface area (Å²) in [7, 11) is 1.92. The molecule has 3 fully saturated rings. The Hall–Kier alpha value is -2.67. The average molecular weight is 420 g/mol. The van der Waals surface area contributed by atoms with Gasteiger partial charge in [-0.3, -0.25) is 19.9 Å². The standard InChI is InChI=1S/C24H29N5O2/c1-27-21(29-8-5-20(30)26-23(29)31)12-25-22(27)17-3-4-18-14-28(15-19(18)9-17)13-16-10-24(11-16)6-2-7-24/h3-4,9,12,16H,2,5-8,10-11,13-15H2,1H3,(H,26,30,31). The number of nitrogens with one attached hydrogen (secondary N) is 1. The molecule has 3 heterocycles. The number of hydrogen-bond acceptors (Lipinski definition) is 4. The van der Waals surface area contributed by atoms with E-state index in [1.807, 2.05) is 11.6 Å². The zero-order valence-corrected chi connectivity index (χ0v) is 18.1. The molecule has 4 aliphatic rings. The van der Waals surface area contributed by atoms with E-state index in [4.69, 9.17) is 0 Å². The number of hydrogen-bond donors (Lipinski definition) is 1. The molecule has 0 atom stereocenters. The number of urea groups is 1. The average Bonchev–Trinajstić information content (AvgIpc) is 3.25. The smallest absolute Gasteiger partial charge is 0.314 e. The van der Waals surface area contributed by atoms with Crippen molar-refractivity contribution in [3.8, 4) is 11.4 Å². The molecule has 2 aromatic rings. The van der Waals surface area contributed by atoms with Gasteiger partial charge in [0.15, 0.2) is 0 Å². The van der Waals surface area contributed by atoms with Crippen molar-refractivity contribution in [1.29, 1.82) is 0 Å². The van der Waals surface area contributed by atoms with Gasteiger partial charge >= 0.3 is 6.03 Å². The number of imide groups is 1. The fourth-order valence-electron chi connectivity index (χ4n) is 6.18. The number of amides is 3. The Morgan fingerprint density at radius 1 is 1.16 bits per heavy atom. The van der Waals surface area contributed by atoms with E-state index in [1.165, 1.54) is 49.8 Å². The molecule has 7 nitrogen and oxygen atoms in total. The number of aromatic nitrogens is 2. The maximum absolute atomic E-state index is 12.2. The highest BCUT2D eigenvalue weighted by atomic mass is 16.2. The van der Waals surface area contributed by atoms with Crippen molar-refractivity contribution in [3.63, 3.8) is 0 Å². The summed E-state index contributed by atoms with van der Waals surface area (Å²) in [6.45, 7) is 3.67. The topological polar surface area (TPSA) is 70.5 Å². The molecule has 0 bridgehead atoms. The molecule has 2 aliphatic heterocycles. The molecule has 6 rings (SSSR count). The zero-order chi connectivity index (χ0) is 21.2. The van der Waals surface area contributed by atoms with Gasteiger partial charge in [0.1, 0.15) is 11.6 Å². The molecular weight excluding hydrogens is 390 g/mol. The van der Waals surface area contributed by atoms with Gasteiger partial charge in [-0.25, -0.2) is 9.78 Å². The van der Waals surface area contributed by atoms with E-state index in [9.17, 15) is 9.59 Å². The van der Waals surface area contributed by atoms with Crippen molar-refractivity contribution in [2.24, 2.45) is 18.4 Å². The van der Waals surface area contributed by atoms with Gasteiger partial charge in [0.25, 0.3) is 0 Å². The first-order valence-corrected chi connectivity index (χ1v) is 11.5. The first kappa shape index (κ1) is 19.0. The molecule has 1 aromatic heterocycles. The van der Waals surface area contributed by atoms with E-state index < -0.39 is 0 Å². The van der Waals surface area contributed by atoms with Crippen LogP contribution in [0.2, 0.25) is 0 Å². The highest BCUT2D eigenvalue weighted by Gasteiger charge is 2.48.